The summed E-state index contributed by atoms with van der Waals surface area (Å²) in [6, 6.07) is 5.35. The van der Waals surface area contributed by atoms with Crippen molar-refractivity contribution in [3.8, 4) is 17.8 Å². The van der Waals surface area contributed by atoms with Gasteiger partial charge in [0, 0.05) is 25.1 Å². The number of nitriles is 1. The monoisotopic (exact) mass is 339 g/mol. The molecular weight excluding hydrogens is 322 g/mol. The van der Waals surface area contributed by atoms with E-state index in [1.165, 1.54) is 19.5 Å². The molecule has 1 aliphatic rings. The van der Waals surface area contributed by atoms with E-state index in [-0.39, 0.29) is 23.6 Å². The van der Waals surface area contributed by atoms with Crippen molar-refractivity contribution in [2.24, 2.45) is 0 Å². The molecule has 8 heteroatoms. The van der Waals surface area contributed by atoms with Crippen LogP contribution in [0, 0.1) is 11.3 Å². The number of rotatable bonds is 4. The van der Waals surface area contributed by atoms with E-state index in [0.29, 0.717) is 24.5 Å². The number of nitrogens with zero attached hydrogens (tertiary/aromatic N) is 5. The molecule has 2 aromatic rings. The number of methoxy groups -OCH3 is 1. The van der Waals surface area contributed by atoms with Gasteiger partial charge in [-0.3, -0.25) is 4.79 Å². The van der Waals surface area contributed by atoms with Gasteiger partial charge < -0.3 is 14.4 Å². The summed E-state index contributed by atoms with van der Waals surface area (Å²) in [7, 11) is 1.48. The van der Waals surface area contributed by atoms with Crippen molar-refractivity contribution in [3.63, 3.8) is 0 Å². The minimum atomic E-state index is -0.246. The second-order valence-corrected chi connectivity index (χ2v) is 5.52. The Bertz CT molecular complexity index is 805. The summed E-state index contributed by atoms with van der Waals surface area (Å²) in [5.41, 5.74) is 0.558. The van der Waals surface area contributed by atoms with Crippen LogP contribution in [0.2, 0.25) is 0 Å². The van der Waals surface area contributed by atoms with Crippen molar-refractivity contribution in [2.45, 2.75) is 18.9 Å². The van der Waals surface area contributed by atoms with Gasteiger partial charge >= 0.3 is 0 Å². The van der Waals surface area contributed by atoms with Crippen molar-refractivity contribution >= 4 is 5.91 Å². The van der Waals surface area contributed by atoms with E-state index in [1.807, 2.05) is 6.07 Å². The molecule has 3 heterocycles. The molecule has 3 rings (SSSR count). The van der Waals surface area contributed by atoms with Crippen molar-refractivity contribution in [1.82, 2.24) is 19.9 Å². The smallest absolute Gasteiger partial charge is 0.259 e. The first-order chi connectivity index (χ1) is 12.2. The van der Waals surface area contributed by atoms with Crippen LogP contribution in [0.3, 0.4) is 0 Å². The van der Waals surface area contributed by atoms with E-state index in [1.54, 1.807) is 23.2 Å². The first-order valence-electron chi connectivity index (χ1n) is 7.89. The molecule has 1 saturated heterocycles. The van der Waals surface area contributed by atoms with Crippen molar-refractivity contribution in [2.75, 3.05) is 20.2 Å². The van der Waals surface area contributed by atoms with Gasteiger partial charge in [0.25, 0.3) is 11.8 Å². The standard InChI is InChI=1S/C17H17N5O3/c1-24-15-13(5-2-6-20-15)17(23)22-9-3-4-12(11-22)25-16-14(10-18)19-7-8-21-16/h2,5-8,12H,3-4,9,11H2,1H3. The third-order valence-electron chi connectivity index (χ3n) is 3.91. The molecule has 1 aliphatic heterocycles. The van der Waals surface area contributed by atoms with Crippen LogP contribution < -0.4 is 9.47 Å². The van der Waals surface area contributed by atoms with E-state index in [2.05, 4.69) is 15.0 Å². The molecule has 1 unspecified atom stereocenters. The zero-order valence-corrected chi connectivity index (χ0v) is 13.8. The van der Waals surface area contributed by atoms with E-state index in [4.69, 9.17) is 14.7 Å². The zero-order valence-electron chi connectivity index (χ0n) is 13.8. The third-order valence-corrected chi connectivity index (χ3v) is 3.91. The van der Waals surface area contributed by atoms with Crippen LogP contribution in [-0.4, -0.2) is 52.1 Å². The van der Waals surface area contributed by atoms with Crippen molar-refractivity contribution < 1.29 is 14.3 Å². The fraction of sp³-hybridized carbons (Fsp3) is 0.353. The van der Waals surface area contributed by atoms with Crippen LogP contribution in [0.4, 0.5) is 0 Å². The molecule has 25 heavy (non-hydrogen) atoms. The maximum Gasteiger partial charge on any atom is 0.259 e. The lowest BCUT2D eigenvalue weighted by molar-refractivity contribution is 0.0522. The van der Waals surface area contributed by atoms with E-state index in [9.17, 15) is 4.79 Å². The van der Waals surface area contributed by atoms with Crippen LogP contribution in [0.5, 0.6) is 11.8 Å². The predicted molar refractivity (Wildman–Crippen MR) is 87.1 cm³/mol. The molecule has 8 nitrogen and oxygen atoms in total. The Balaban J connectivity index is 1.73. The van der Waals surface area contributed by atoms with E-state index >= 15 is 0 Å². The highest BCUT2D eigenvalue weighted by molar-refractivity contribution is 5.96. The van der Waals surface area contributed by atoms with Gasteiger partial charge in [0.05, 0.1) is 13.7 Å². The van der Waals surface area contributed by atoms with Crippen molar-refractivity contribution in [3.05, 3.63) is 42.0 Å². The van der Waals surface area contributed by atoms with Gasteiger partial charge in [-0.25, -0.2) is 15.0 Å². The van der Waals surface area contributed by atoms with Gasteiger partial charge in [0.2, 0.25) is 11.6 Å². The van der Waals surface area contributed by atoms with Crippen LogP contribution in [0.15, 0.2) is 30.7 Å². The van der Waals surface area contributed by atoms with Crippen LogP contribution >= 0.6 is 0 Å². The topological polar surface area (TPSA) is 101 Å². The summed E-state index contributed by atoms with van der Waals surface area (Å²) in [5, 5.41) is 9.08. The summed E-state index contributed by atoms with van der Waals surface area (Å²) in [6.45, 7) is 1.03. The molecular formula is C17H17N5O3. The van der Waals surface area contributed by atoms with Crippen LogP contribution in [0.1, 0.15) is 28.9 Å². The molecule has 0 aliphatic carbocycles. The molecule has 0 N–H and O–H groups in total. The number of piperidine rings is 1. The van der Waals surface area contributed by atoms with Gasteiger partial charge in [-0.1, -0.05) is 0 Å². The minimum absolute atomic E-state index is 0.139. The summed E-state index contributed by atoms with van der Waals surface area (Å²) in [6.07, 6.45) is 5.81. The summed E-state index contributed by atoms with van der Waals surface area (Å²) in [5.74, 6) is 0.345. The SMILES string of the molecule is COc1ncccc1C(=O)N1CCCC(Oc2nccnc2C#N)C1. The first kappa shape index (κ1) is 16.6. The summed E-state index contributed by atoms with van der Waals surface area (Å²) in [4.78, 5) is 26.5. The molecule has 0 saturated carbocycles. The minimum Gasteiger partial charge on any atom is -0.480 e. The van der Waals surface area contributed by atoms with Gasteiger partial charge in [0.1, 0.15) is 17.7 Å². The highest BCUT2D eigenvalue weighted by Gasteiger charge is 2.28. The molecule has 0 aromatic carbocycles. The second kappa shape index (κ2) is 7.57. The number of pyridine rings is 1. The Morgan fingerprint density at radius 1 is 1.28 bits per heavy atom. The molecule has 1 atom stereocenters. The predicted octanol–water partition coefficient (Wildman–Crippen LogP) is 1.44. The average Bonchev–Trinajstić information content (AvgIpc) is 2.68. The highest BCUT2D eigenvalue weighted by atomic mass is 16.5. The van der Waals surface area contributed by atoms with E-state index < -0.39 is 0 Å². The average molecular weight is 339 g/mol. The second-order valence-electron chi connectivity index (χ2n) is 5.52. The Kier molecular flexibility index (Phi) is 5.04. The maximum absolute atomic E-state index is 12.8. The normalized spacial score (nSPS) is 16.8. The lowest BCUT2D eigenvalue weighted by atomic mass is 10.1. The van der Waals surface area contributed by atoms with Gasteiger partial charge in [-0.2, -0.15) is 5.26 Å². The quantitative estimate of drug-likeness (QED) is 0.830. The molecule has 128 valence electrons. The number of carbonyl (C=O) groups excluding carboxylic acids is 1. The van der Waals surface area contributed by atoms with Gasteiger partial charge in [-0.15, -0.1) is 0 Å². The Hall–Kier alpha value is -3.21. The fourth-order valence-electron chi connectivity index (χ4n) is 2.75. The summed E-state index contributed by atoms with van der Waals surface area (Å²) >= 11 is 0. The number of aromatic nitrogens is 3. The van der Waals surface area contributed by atoms with Crippen LogP contribution in [-0.2, 0) is 0 Å². The number of carbonyl (C=O) groups is 1. The van der Waals surface area contributed by atoms with Gasteiger partial charge in [-0.05, 0) is 25.0 Å². The largest absolute Gasteiger partial charge is 0.480 e. The number of hydrogen-bond donors (Lipinski definition) is 0. The molecule has 0 bridgehead atoms. The third kappa shape index (κ3) is 3.66. The fourth-order valence-corrected chi connectivity index (χ4v) is 2.75. The Labute approximate surface area is 145 Å². The maximum atomic E-state index is 12.8. The molecule has 2 aromatic heterocycles. The molecule has 1 fully saturated rings. The Morgan fingerprint density at radius 2 is 2.08 bits per heavy atom. The lowest BCUT2D eigenvalue weighted by Crippen LogP contribution is -2.44. The van der Waals surface area contributed by atoms with Gasteiger partial charge in [0.15, 0.2) is 0 Å². The highest BCUT2D eigenvalue weighted by Crippen LogP contribution is 2.22. The number of hydrogen-bond acceptors (Lipinski definition) is 7. The number of ether oxygens (including phenoxy) is 2. The lowest BCUT2D eigenvalue weighted by Gasteiger charge is -2.32. The van der Waals surface area contributed by atoms with E-state index in [0.717, 1.165) is 12.8 Å². The number of amides is 1. The molecule has 1 amide bonds. The Morgan fingerprint density at radius 3 is 2.88 bits per heavy atom. The first-order valence-corrected chi connectivity index (χ1v) is 7.89. The van der Waals surface area contributed by atoms with Crippen molar-refractivity contribution in [1.29, 1.82) is 5.26 Å². The molecule has 0 radical (unpaired) electrons. The summed E-state index contributed by atoms with van der Waals surface area (Å²) < 4.78 is 11.0. The molecule has 0 spiro atoms. The zero-order chi connectivity index (χ0) is 17.6. The van der Waals surface area contributed by atoms with Crippen LogP contribution in [0.25, 0.3) is 0 Å². The number of likely N-dealkylation sites (tertiary alicyclic amines) is 1.